The van der Waals surface area contributed by atoms with Gasteiger partial charge in [0.05, 0.1) is 18.1 Å². The highest BCUT2D eigenvalue weighted by molar-refractivity contribution is 7.89. The first kappa shape index (κ1) is 18.7. The smallest absolute Gasteiger partial charge is 0.251 e. The van der Waals surface area contributed by atoms with E-state index >= 15 is 0 Å². The van der Waals surface area contributed by atoms with Crippen LogP contribution in [0.2, 0.25) is 0 Å². The summed E-state index contributed by atoms with van der Waals surface area (Å²) in [5, 5.41) is 11.3. The summed E-state index contributed by atoms with van der Waals surface area (Å²) < 4.78 is 32.4. The Morgan fingerprint density at radius 3 is 2.71 bits per heavy atom. The van der Waals surface area contributed by atoms with Crippen LogP contribution in [0.25, 0.3) is 22.1 Å². The van der Waals surface area contributed by atoms with Crippen molar-refractivity contribution >= 4 is 43.9 Å². The number of hydrogen-bond acceptors (Lipinski definition) is 7. The van der Waals surface area contributed by atoms with Gasteiger partial charge in [0, 0.05) is 29.9 Å². The number of rotatable bonds is 4. The van der Waals surface area contributed by atoms with Gasteiger partial charge in [-0.15, -0.1) is 10.2 Å². The molecule has 148 valence electrons. The maximum Gasteiger partial charge on any atom is 0.251 e. The number of fused-ring (bicyclic) bond motifs is 3. The number of H-pyrrole nitrogens is 1. The summed E-state index contributed by atoms with van der Waals surface area (Å²) in [6, 6.07) is 4.80. The third-order valence-electron chi connectivity index (χ3n) is 4.55. The number of sulfonamides is 1. The van der Waals surface area contributed by atoms with E-state index in [0.29, 0.717) is 48.4 Å². The Labute approximate surface area is 161 Å². The zero-order valence-corrected chi connectivity index (χ0v) is 16.3. The minimum atomic E-state index is -3.62. The number of amides is 1. The van der Waals surface area contributed by atoms with Gasteiger partial charge < -0.3 is 9.72 Å². The number of nitrogens with zero attached hydrogens (tertiary/aromatic N) is 4. The molecule has 3 heterocycles. The second kappa shape index (κ2) is 7.08. The molecule has 2 aromatic heterocycles. The summed E-state index contributed by atoms with van der Waals surface area (Å²) >= 11 is 0. The molecule has 0 atom stereocenters. The minimum absolute atomic E-state index is 0.0962. The molecule has 1 amide bonds. The molecule has 11 heteroatoms. The molecule has 28 heavy (non-hydrogen) atoms. The first-order valence-corrected chi connectivity index (χ1v) is 10.3. The highest BCUT2D eigenvalue weighted by atomic mass is 32.2. The average Bonchev–Trinajstić information content (AvgIpc) is 3.05. The summed E-state index contributed by atoms with van der Waals surface area (Å²) in [5.41, 5.74) is 1.55. The fourth-order valence-electron chi connectivity index (χ4n) is 2.95. The lowest BCUT2D eigenvalue weighted by molar-refractivity contribution is -0.118. The van der Waals surface area contributed by atoms with Crippen molar-refractivity contribution in [2.45, 2.75) is 18.7 Å². The van der Waals surface area contributed by atoms with Crippen LogP contribution in [0, 0.1) is 5.92 Å². The summed E-state index contributed by atoms with van der Waals surface area (Å²) in [5.74, 6) is -0.329. The number of carbonyl (C=O) groups is 1. The fourth-order valence-corrected chi connectivity index (χ4v) is 4.39. The minimum Gasteiger partial charge on any atom is -0.379 e. The van der Waals surface area contributed by atoms with Gasteiger partial charge in [0.25, 0.3) is 5.95 Å². The molecule has 0 unspecified atom stereocenters. The monoisotopic (exact) mass is 404 g/mol. The molecule has 4 rings (SSSR count). The van der Waals surface area contributed by atoms with Crippen LogP contribution in [-0.2, 0) is 19.6 Å². The fraction of sp³-hybridized carbons (Fsp3) is 0.412. The molecule has 0 radical (unpaired) electrons. The molecule has 0 spiro atoms. The number of morpholine rings is 1. The zero-order valence-electron chi connectivity index (χ0n) is 15.5. The predicted molar refractivity (Wildman–Crippen MR) is 102 cm³/mol. The number of hydrogen-bond donors (Lipinski definition) is 2. The molecule has 3 aromatic rings. The van der Waals surface area contributed by atoms with Crippen LogP contribution in [0.5, 0.6) is 0 Å². The predicted octanol–water partition coefficient (Wildman–Crippen LogP) is 1.12. The number of ether oxygens (including phenoxy) is 1. The van der Waals surface area contributed by atoms with Gasteiger partial charge >= 0.3 is 0 Å². The van der Waals surface area contributed by atoms with E-state index in [9.17, 15) is 13.2 Å². The summed E-state index contributed by atoms with van der Waals surface area (Å²) in [6.07, 6.45) is 0. The molecule has 1 fully saturated rings. The van der Waals surface area contributed by atoms with Crippen molar-refractivity contribution in [2.24, 2.45) is 5.92 Å². The Bertz CT molecular complexity index is 1150. The van der Waals surface area contributed by atoms with Gasteiger partial charge in [0.15, 0.2) is 5.65 Å². The molecule has 2 N–H and O–H groups in total. The van der Waals surface area contributed by atoms with Crippen molar-refractivity contribution in [3.63, 3.8) is 0 Å². The quantitative estimate of drug-likeness (QED) is 0.666. The molecule has 1 aromatic carbocycles. The zero-order chi connectivity index (χ0) is 19.9. The van der Waals surface area contributed by atoms with Gasteiger partial charge in [-0.3, -0.25) is 10.1 Å². The molecule has 10 nitrogen and oxygen atoms in total. The van der Waals surface area contributed by atoms with E-state index in [-0.39, 0.29) is 22.7 Å². The number of benzene rings is 1. The number of nitrogens with one attached hydrogen (secondary N) is 2. The molecular weight excluding hydrogens is 384 g/mol. The van der Waals surface area contributed by atoms with Gasteiger partial charge in [0.2, 0.25) is 15.9 Å². The summed E-state index contributed by atoms with van der Waals surface area (Å²) in [4.78, 5) is 19.4. The topological polar surface area (TPSA) is 130 Å². The number of carbonyl (C=O) groups excluding carboxylic acids is 1. The Morgan fingerprint density at radius 1 is 1.25 bits per heavy atom. The Balaban J connectivity index is 1.73. The molecule has 1 aliphatic rings. The Hall–Kier alpha value is -2.63. The first-order valence-electron chi connectivity index (χ1n) is 8.91. The van der Waals surface area contributed by atoms with Crippen LogP contribution in [0.15, 0.2) is 23.1 Å². The highest BCUT2D eigenvalue weighted by Crippen LogP contribution is 2.27. The van der Waals surface area contributed by atoms with Gasteiger partial charge in [-0.25, -0.2) is 8.42 Å². The van der Waals surface area contributed by atoms with Crippen LogP contribution >= 0.6 is 0 Å². The maximum atomic E-state index is 12.9. The van der Waals surface area contributed by atoms with Crippen LogP contribution in [-0.4, -0.2) is 65.1 Å². The largest absolute Gasteiger partial charge is 0.379 e. The summed E-state index contributed by atoms with van der Waals surface area (Å²) in [7, 11) is -3.62. The van der Waals surface area contributed by atoms with Gasteiger partial charge in [-0.05, 0) is 18.2 Å². The standard InChI is InChI=1S/C17H20N6O4S/c1-10(2)16(24)20-17-19-15-14(21-22-17)12-9-11(3-4-13(12)18-15)28(25,26)23-5-7-27-8-6-23/h3-4,9-10H,5-8H2,1-2H3,(H2,18,19,20,22,24). The van der Waals surface area contributed by atoms with Crippen LogP contribution in [0.4, 0.5) is 5.95 Å². The average molecular weight is 404 g/mol. The molecule has 0 aliphatic carbocycles. The maximum absolute atomic E-state index is 12.9. The van der Waals surface area contributed by atoms with E-state index in [2.05, 4.69) is 25.5 Å². The number of aromatic nitrogens is 4. The van der Waals surface area contributed by atoms with Crippen molar-refractivity contribution in [3.05, 3.63) is 18.2 Å². The molecular formula is C17H20N6O4S. The van der Waals surface area contributed by atoms with E-state index in [1.54, 1.807) is 32.0 Å². The lowest BCUT2D eigenvalue weighted by Crippen LogP contribution is -2.40. The van der Waals surface area contributed by atoms with E-state index < -0.39 is 10.0 Å². The number of anilines is 1. The van der Waals surface area contributed by atoms with Crippen LogP contribution in [0.1, 0.15) is 13.8 Å². The van der Waals surface area contributed by atoms with Crippen LogP contribution in [0.3, 0.4) is 0 Å². The summed E-state index contributed by atoms with van der Waals surface area (Å²) in [6.45, 7) is 4.95. The SMILES string of the molecule is CC(C)C(=O)Nc1nnc2c(n1)[nH]c1ccc(S(=O)(=O)N3CCOCC3)cc12. The van der Waals surface area contributed by atoms with Crippen molar-refractivity contribution < 1.29 is 17.9 Å². The van der Waals surface area contributed by atoms with E-state index in [0.717, 1.165) is 0 Å². The van der Waals surface area contributed by atoms with Gasteiger partial charge in [-0.1, -0.05) is 13.8 Å². The van der Waals surface area contributed by atoms with Crippen molar-refractivity contribution in [1.82, 2.24) is 24.5 Å². The highest BCUT2D eigenvalue weighted by Gasteiger charge is 2.27. The molecule has 1 aliphatic heterocycles. The first-order chi connectivity index (χ1) is 13.4. The van der Waals surface area contributed by atoms with Crippen molar-refractivity contribution in [3.8, 4) is 0 Å². The second-order valence-electron chi connectivity index (χ2n) is 6.83. The van der Waals surface area contributed by atoms with Crippen molar-refractivity contribution in [2.75, 3.05) is 31.6 Å². The number of aromatic amines is 1. The third-order valence-corrected chi connectivity index (χ3v) is 6.45. The van der Waals surface area contributed by atoms with Crippen LogP contribution < -0.4 is 5.32 Å². The van der Waals surface area contributed by atoms with Gasteiger partial charge in [-0.2, -0.15) is 9.29 Å². The lowest BCUT2D eigenvalue weighted by Gasteiger charge is -2.26. The third kappa shape index (κ3) is 3.32. The normalized spacial score (nSPS) is 16.1. The molecule has 0 saturated carbocycles. The van der Waals surface area contributed by atoms with Gasteiger partial charge in [0.1, 0.15) is 5.52 Å². The Kier molecular flexibility index (Phi) is 4.73. The van der Waals surface area contributed by atoms with Crippen molar-refractivity contribution in [1.29, 1.82) is 0 Å². The van der Waals surface area contributed by atoms with E-state index in [1.807, 2.05) is 0 Å². The molecule has 1 saturated heterocycles. The molecule has 0 bridgehead atoms. The Morgan fingerprint density at radius 2 is 2.00 bits per heavy atom. The van der Waals surface area contributed by atoms with E-state index in [4.69, 9.17) is 4.74 Å². The van der Waals surface area contributed by atoms with E-state index in [1.165, 1.54) is 4.31 Å². The second-order valence-corrected chi connectivity index (χ2v) is 8.76. The lowest BCUT2D eigenvalue weighted by atomic mass is 10.2.